The molecule has 1 heterocycles. The maximum absolute atomic E-state index is 12.7. The van der Waals surface area contributed by atoms with Gasteiger partial charge >= 0.3 is 5.97 Å². The van der Waals surface area contributed by atoms with Crippen molar-refractivity contribution in [2.24, 2.45) is 0 Å². The fraction of sp³-hybridized carbons (Fsp3) is 0.263. The van der Waals surface area contributed by atoms with E-state index in [0.717, 1.165) is 11.3 Å². The van der Waals surface area contributed by atoms with E-state index in [4.69, 9.17) is 26.4 Å². The van der Waals surface area contributed by atoms with Gasteiger partial charge in [0.1, 0.15) is 33.0 Å². The molecule has 0 radical (unpaired) electrons. The highest BCUT2D eigenvalue weighted by Gasteiger charge is 2.23. The number of thiocarbonyl (C=S) groups is 1. The lowest BCUT2D eigenvalue weighted by Gasteiger charge is -2.13. The van der Waals surface area contributed by atoms with E-state index in [1.165, 1.54) is 14.2 Å². The average Bonchev–Trinajstić information content (AvgIpc) is 3.02. The van der Waals surface area contributed by atoms with Crippen LogP contribution in [0.5, 0.6) is 11.5 Å². The van der Waals surface area contributed by atoms with E-state index in [1.54, 1.807) is 32.0 Å². The second-order valence-corrected chi connectivity index (χ2v) is 6.97. The van der Waals surface area contributed by atoms with E-state index in [9.17, 15) is 14.9 Å². The summed E-state index contributed by atoms with van der Waals surface area (Å²) < 4.78 is 15.4. The minimum absolute atomic E-state index is 0.0453. The lowest BCUT2D eigenvalue weighted by atomic mass is 10.1. The molecule has 0 aliphatic rings. The Kier molecular flexibility index (Phi) is 7.52. The van der Waals surface area contributed by atoms with Crippen LogP contribution in [0.15, 0.2) is 18.2 Å². The van der Waals surface area contributed by atoms with Crippen LogP contribution in [0.25, 0.3) is 0 Å². The SMILES string of the molecule is CCOC(=O)c1sc(NC(=S)NC(=O)c2c(OC)cccc2OC)c(C#N)c1C. The van der Waals surface area contributed by atoms with E-state index in [1.807, 2.05) is 6.07 Å². The van der Waals surface area contributed by atoms with Gasteiger partial charge in [-0.3, -0.25) is 10.1 Å². The second-order valence-electron chi connectivity index (χ2n) is 5.54. The molecule has 0 saturated carbocycles. The highest BCUT2D eigenvalue weighted by molar-refractivity contribution is 7.80. The average molecular weight is 434 g/mol. The monoisotopic (exact) mass is 433 g/mol. The van der Waals surface area contributed by atoms with E-state index < -0.39 is 11.9 Å². The zero-order valence-electron chi connectivity index (χ0n) is 16.2. The summed E-state index contributed by atoms with van der Waals surface area (Å²) in [4.78, 5) is 25.0. The Balaban J connectivity index is 2.24. The molecule has 0 atom stereocenters. The molecule has 0 bridgehead atoms. The van der Waals surface area contributed by atoms with Gasteiger partial charge in [-0.25, -0.2) is 4.79 Å². The smallest absolute Gasteiger partial charge is 0.348 e. The summed E-state index contributed by atoms with van der Waals surface area (Å²) >= 11 is 6.23. The van der Waals surface area contributed by atoms with Crippen molar-refractivity contribution in [1.29, 1.82) is 5.26 Å². The van der Waals surface area contributed by atoms with Gasteiger partial charge < -0.3 is 19.5 Å². The highest BCUT2D eigenvalue weighted by Crippen LogP contribution is 2.33. The van der Waals surface area contributed by atoms with Crippen LogP contribution < -0.4 is 20.1 Å². The zero-order chi connectivity index (χ0) is 21.6. The van der Waals surface area contributed by atoms with Crippen molar-refractivity contribution in [3.8, 4) is 17.6 Å². The van der Waals surface area contributed by atoms with Crippen LogP contribution in [0.1, 0.15) is 38.1 Å². The van der Waals surface area contributed by atoms with Gasteiger partial charge in [0.15, 0.2) is 5.11 Å². The van der Waals surface area contributed by atoms with Gasteiger partial charge in [0.25, 0.3) is 5.91 Å². The van der Waals surface area contributed by atoms with Crippen molar-refractivity contribution in [2.45, 2.75) is 13.8 Å². The van der Waals surface area contributed by atoms with Gasteiger partial charge in [0.2, 0.25) is 0 Å². The number of rotatable bonds is 6. The molecule has 0 aliphatic carbocycles. The van der Waals surface area contributed by atoms with Crippen LogP contribution in [0.3, 0.4) is 0 Å². The van der Waals surface area contributed by atoms with Crippen molar-refractivity contribution in [3.05, 3.63) is 39.8 Å². The van der Waals surface area contributed by atoms with Crippen LogP contribution in [0.2, 0.25) is 0 Å². The third kappa shape index (κ3) is 4.82. The van der Waals surface area contributed by atoms with Gasteiger partial charge in [0.05, 0.1) is 26.4 Å². The standard InChI is InChI=1S/C19H19N3O5S2/c1-5-27-18(24)15-10(2)11(9-20)17(29-15)22-19(28)21-16(23)14-12(25-3)7-6-8-13(14)26-4/h6-8H,5H2,1-4H3,(H2,21,22,23,28). The van der Waals surface area contributed by atoms with Gasteiger partial charge in [0, 0.05) is 0 Å². The summed E-state index contributed by atoms with van der Waals surface area (Å²) in [6.07, 6.45) is 0. The Morgan fingerprint density at radius 2 is 1.86 bits per heavy atom. The number of ether oxygens (including phenoxy) is 3. The molecule has 0 aliphatic heterocycles. The number of hydrogen-bond acceptors (Lipinski definition) is 8. The number of esters is 1. The molecule has 2 aromatic rings. The van der Waals surface area contributed by atoms with Gasteiger partial charge in [-0.15, -0.1) is 11.3 Å². The number of benzene rings is 1. The molecule has 0 spiro atoms. The van der Waals surface area contributed by atoms with E-state index >= 15 is 0 Å². The molecule has 2 N–H and O–H groups in total. The number of hydrogen-bond donors (Lipinski definition) is 2. The Morgan fingerprint density at radius 1 is 1.24 bits per heavy atom. The Morgan fingerprint density at radius 3 is 2.38 bits per heavy atom. The van der Waals surface area contributed by atoms with Crippen molar-refractivity contribution >= 4 is 45.5 Å². The number of carbonyl (C=O) groups excluding carboxylic acids is 2. The second kappa shape index (κ2) is 9.86. The summed E-state index contributed by atoms with van der Waals surface area (Å²) in [5.74, 6) is -0.430. The van der Waals surface area contributed by atoms with Crippen LogP contribution in [-0.4, -0.2) is 37.8 Å². The van der Waals surface area contributed by atoms with E-state index in [0.29, 0.717) is 26.9 Å². The van der Waals surface area contributed by atoms with Crippen LogP contribution in [0.4, 0.5) is 5.00 Å². The van der Waals surface area contributed by atoms with Crippen molar-refractivity contribution in [2.75, 3.05) is 26.1 Å². The zero-order valence-corrected chi connectivity index (χ0v) is 17.9. The molecule has 2 rings (SSSR count). The number of amides is 1. The summed E-state index contributed by atoms with van der Waals surface area (Å²) in [6, 6.07) is 6.97. The van der Waals surface area contributed by atoms with Crippen LogP contribution in [-0.2, 0) is 4.74 Å². The van der Waals surface area contributed by atoms with Crippen molar-refractivity contribution in [3.63, 3.8) is 0 Å². The van der Waals surface area contributed by atoms with Crippen LogP contribution >= 0.6 is 23.6 Å². The number of methoxy groups -OCH3 is 2. The lowest BCUT2D eigenvalue weighted by Crippen LogP contribution is -2.34. The van der Waals surface area contributed by atoms with Gasteiger partial charge in [-0.05, 0) is 43.8 Å². The third-order valence-electron chi connectivity index (χ3n) is 3.83. The lowest BCUT2D eigenvalue weighted by molar-refractivity contribution is 0.0531. The first-order valence-corrected chi connectivity index (χ1v) is 9.64. The maximum atomic E-state index is 12.7. The first kappa shape index (κ1) is 22.1. The molecule has 29 heavy (non-hydrogen) atoms. The quantitative estimate of drug-likeness (QED) is 0.528. The molecule has 0 fully saturated rings. The molecule has 10 heteroatoms. The molecule has 8 nitrogen and oxygen atoms in total. The molecule has 1 amide bonds. The molecule has 152 valence electrons. The number of thiophene rings is 1. The van der Waals surface area contributed by atoms with Gasteiger partial charge in [-0.2, -0.15) is 5.26 Å². The number of carbonyl (C=O) groups is 2. The molecular formula is C19H19N3O5S2. The first-order valence-electron chi connectivity index (χ1n) is 8.41. The van der Waals surface area contributed by atoms with E-state index in [2.05, 4.69) is 10.6 Å². The first-order chi connectivity index (χ1) is 13.9. The van der Waals surface area contributed by atoms with Crippen molar-refractivity contribution < 1.29 is 23.8 Å². The fourth-order valence-corrected chi connectivity index (χ4v) is 3.82. The predicted octanol–water partition coefficient (Wildman–Crippen LogP) is 3.25. The van der Waals surface area contributed by atoms with Crippen molar-refractivity contribution in [1.82, 2.24) is 5.32 Å². The third-order valence-corrected chi connectivity index (χ3v) is 5.22. The Hall–Kier alpha value is -3.16. The number of nitrogens with one attached hydrogen (secondary N) is 2. The Bertz CT molecular complexity index is 972. The number of nitriles is 1. The molecular weight excluding hydrogens is 414 g/mol. The minimum atomic E-state index is -0.547. The maximum Gasteiger partial charge on any atom is 0.348 e. The summed E-state index contributed by atoms with van der Waals surface area (Å²) in [5.41, 5.74) is 0.917. The summed E-state index contributed by atoms with van der Waals surface area (Å²) in [7, 11) is 2.87. The Labute approximate surface area is 177 Å². The van der Waals surface area contributed by atoms with Crippen LogP contribution in [0, 0.1) is 18.3 Å². The number of anilines is 1. The van der Waals surface area contributed by atoms with Gasteiger partial charge in [-0.1, -0.05) is 6.07 Å². The summed E-state index contributed by atoms with van der Waals surface area (Å²) in [6.45, 7) is 3.56. The predicted molar refractivity (Wildman–Crippen MR) is 113 cm³/mol. The molecule has 1 aromatic carbocycles. The molecule has 0 saturated heterocycles. The minimum Gasteiger partial charge on any atom is -0.496 e. The topological polar surface area (TPSA) is 110 Å². The normalized spacial score (nSPS) is 9.90. The molecule has 0 unspecified atom stereocenters. The van der Waals surface area contributed by atoms with E-state index in [-0.39, 0.29) is 22.8 Å². The summed E-state index contributed by atoms with van der Waals surface area (Å²) in [5, 5.41) is 15.1. The number of nitrogens with zero attached hydrogens (tertiary/aromatic N) is 1. The molecule has 1 aromatic heterocycles. The fourth-order valence-electron chi connectivity index (χ4n) is 2.50. The largest absolute Gasteiger partial charge is 0.496 e. The highest BCUT2D eigenvalue weighted by atomic mass is 32.1.